The van der Waals surface area contributed by atoms with Gasteiger partial charge in [-0.25, -0.2) is 4.39 Å². The summed E-state index contributed by atoms with van der Waals surface area (Å²) in [7, 11) is 0. The molecule has 4 heteroatoms. The topological polar surface area (TPSA) is 41.6 Å². The maximum atomic E-state index is 13.4. The zero-order valence-corrected chi connectivity index (χ0v) is 11.0. The van der Waals surface area contributed by atoms with Gasteiger partial charge in [-0.3, -0.25) is 4.99 Å². The highest BCUT2D eigenvalue weighted by atomic mass is 19.1. The molecule has 1 atom stereocenters. The zero-order chi connectivity index (χ0) is 13.9. The average molecular weight is 269 g/mol. The van der Waals surface area contributed by atoms with Gasteiger partial charge in [-0.2, -0.15) is 0 Å². The third-order valence-electron chi connectivity index (χ3n) is 3.53. The number of aliphatic imine (C=N–C) groups is 1. The number of nitrogens with zero attached hydrogens (tertiary/aromatic N) is 2. The van der Waals surface area contributed by atoms with E-state index in [1.807, 2.05) is 41.3 Å². The highest BCUT2D eigenvalue weighted by Crippen LogP contribution is 2.27. The number of benzene rings is 2. The predicted octanol–water partition coefficient (Wildman–Crippen LogP) is 2.70. The van der Waals surface area contributed by atoms with Crippen LogP contribution in [0.5, 0.6) is 0 Å². The summed E-state index contributed by atoms with van der Waals surface area (Å²) in [5.41, 5.74) is 8.04. The lowest BCUT2D eigenvalue weighted by molar-refractivity contribution is 0.339. The number of hydrogen-bond acceptors (Lipinski definition) is 3. The first kappa shape index (κ1) is 12.7. The summed E-state index contributed by atoms with van der Waals surface area (Å²) in [6.45, 7) is 1.25. The van der Waals surface area contributed by atoms with E-state index in [2.05, 4.69) is 4.99 Å². The van der Waals surface area contributed by atoms with Crippen LogP contribution < -0.4 is 5.73 Å². The number of hydrogen-bond donors (Lipinski definition) is 1. The van der Waals surface area contributed by atoms with Crippen LogP contribution in [0.2, 0.25) is 0 Å². The van der Waals surface area contributed by atoms with Crippen molar-refractivity contribution in [3.05, 3.63) is 71.5 Å². The second-order valence-corrected chi connectivity index (χ2v) is 4.88. The molecule has 0 fully saturated rings. The van der Waals surface area contributed by atoms with Gasteiger partial charge in [-0.05, 0) is 23.3 Å². The molecule has 2 N–H and O–H groups in total. The van der Waals surface area contributed by atoms with E-state index in [4.69, 9.17) is 5.73 Å². The standard InChI is InChI=1S/C16H16FN3/c17-14-8-4-7-13(9-14)15-10-19-16(18)20(15)11-12-5-2-1-3-6-12/h1-9,15H,10-11H2,(H2,18,19). The third-order valence-corrected chi connectivity index (χ3v) is 3.53. The maximum Gasteiger partial charge on any atom is 0.192 e. The molecular formula is C16H16FN3. The number of guanidine groups is 1. The van der Waals surface area contributed by atoms with Crippen LogP contribution in [0.25, 0.3) is 0 Å². The van der Waals surface area contributed by atoms with Crippen molar-refractivity contribution in [3.63, 3.8) is 0 Å². The van der Waals surface area contributed by atoms with E-state index < -0.39 is 0 Å². The van der Waals surface area contributed by atoms with E-state index in [1.54, 1.807) is 12.1 Å². The SMILES string of the molecule is NC1=NCC(c2cccc(F)c2)N1Cc1ccccc1. The van der Waals surface area contributed by atoms with Crippen LogP contribution in [0, 0.1) is 5.82 Å². The molecule has 1 unspecified atom stereocenters. The highest BCUT2D eigenvalue weighted by molar-refractivity contribution is 5.80. The maximum absolute atomic E-state index is 13.4. The molecule has 0 bridgehead atoms. The highest BCUT2D eigenvalue weighted by Gasteiger charge is 2.27. The van der Waals surface area contributed by atoms with Gasteiger partial charge in [0.2, 0.25) is 0 Å². The Morgan fingerprint density at radius 3 is 2.70 bits per heavy atom. The molecule has 1 aliphatic heterocycles. The second kappa shape index (κ2) is 5.33. The minimum absolute atomic E-state index is 0.00547. The van der Waals surface area contributed by atoms with Gasteiger partial charge >= 0.3 is 0 Å². The molecule has 102 valence electrons. The molecule has 20 heavy (non-hydrogen) atoms. The summed E-state index contributed by atoms with van der Waals surface area (Å²) in [4.78, 5) is 6.32. The Morgan fingerprint density at radius 1 is 1.15 bits per heavy atom. The van der Waals surface area contributed by atoms with Crippen molar-refractivity contribution in [1.29, 1.82) is 0 Å². The molecule has 0 amide bonds. The van der Waals surface area contributed by atoms with Crippen LogP contribution in [0.1, 0.15) is 17.2 Å². The Bertz CT molecular complexity index is 625. The molecule has 1 heterocycles. The summed E-state index contributed by atoms with van der Waals surface area (Å²) in [5, 5.41) is 0. The van der Waals surface area contributed by atoms with Crippen LogP contribution >= 0.6 is 0 Å². The first-order valence-electron chi connectivity index (χ1n) is 6.60. The van der Waals surface area contributed by atoms with Gasteiger partial charge in [0.15, 0.2) is 5.96 Å². The van der Waals surface area contributed by atoms with Crippen molar-refractivity contribution in [1.82, 2.24) is 4.90 Å². The van der Waals surface area contributed by atoms with E-state index in [9.17, 15) is 4.39 Å². The fourth-order valence-electron chi connectivity index (χ4n) is 2.50. The van der Waals surface area contributed by atoms with Crippen molar-refractivity contribution < 1.29 is 4.39 Å². The van der Waals surface area contributed by atoms with Crippen molar-refractivity contribution in [2.75, 3.05) is 6.54 Å². The molecule has 2 aromatic carbocycles. The van der Waals surface area contributed by atoms with Gasteiger partial charge in [0, 0.05) is 6.54 Å². The van der Waals surface area contributed by atoms with Crippen molar-refractivity contribution >= 4 is 5.96 Å². The van der Waals surface area contributed by atoms with Gasteiger partial charge in [0.05, 0.1) is 12.6 Å². The van der Waals surface area contributed by atoms with Gasteiger partial charge in [0.1, 0.15) is 5.82 Å². The van der Waals surface area contributed by atoms with Crippen LogP contribution in [-0.2, 0) is 6.54 Å². The summed E-state index contributed by atoms with van der Waals surface area (Å²) in [6.07, 6.45) is 0. The van der Waals surface area contributed by atoms with Crippen LogP contribution in [0.15, 0.2) is 59.6 Å². The first-order valence-corrected chi connectivity index (χ1v) is 6.60. The predicted molar refractivity (Wildman–Crippen MR) is 77.6 cm³/mol. The van der Waals surface area contributed by atoms with Gasteiger partial charge in [-0.15, -0.1) is 0 Å². The molecular weight excluding hydrogens is 253 g/mol. The normalized spacial score (nSPS) is 18.1. The molecule has 3 rings (SSSR count). The molecule has 0 spiro atoms. The van der Waals surface area contributed by atoms with Gasteiger partial charge in [-0.1, -0.05) is 42.5 Å². The van der Waals surface area contributed by atoms with Gasteiger partial charge < -0.3 is 10.6 Å². The number of rotatable bonds is 3. The summed E-state index contributed by atoms with van der Waals surface area (Å²) in [5.74, 6) is 0.288. The fraction of sp³-hybridized carbons (Fsp3) is 0.188. The van der Waals surface area contributed by atoms with E-state index >= 15 is 0 Å². The lowest BCUT2D eigenvalue weighted by Gasteiger charge is -2.26. The van der Waals surface area contributed by atoms with Crippen LogP contribution in [-0.4, -0.2) is 17.4 Å². The summed E-state index contributed by atoms with van der Waals surface area (Å²) < 4.78 is 13.4. The Balaban J connectivity index is 1.85. The van der Waals surface area contributed by atoms with Crippen LogP contribution in [0.4, 0.5) is 4.39 Å². The molecule has 0 radical (unpaired) electrons. The van der Waals surface area contributed by atoms with Crippen molar-refractivity contribution in [3.8, 4) is 0 Å². The Kier molecular flexibility index (Phi) is 3.37. The molecule has 1 aliphatic rings. The van der Waals surface area contributed by atoms with E-state index in [0.29, 0.717) is 19.0 Å². The lowest BCUT2D eigenvalue weighted by atomic mass is 10.1. The molecule has 0 aliphatic carbocycles. The summed E-state index contributed by atoms with van der Waals surface area (Å²) >= 11 is 0. The van der Waals surface area contributed by atoms with E-state index in [-0.39, 0.29) is 11.9 Å². The minimum Gasteiger partial charge on any atom is -0.370 e. The largest absolute Gasteiger partial charge is 0.370 e. The van der Waals surface area contributed by atoms with E-state index in [0.717, 1.165) is 11.1 Å². The Hall–Kier alpha value is -2.36. The molecule has 0 saturated heterocycles. The quantitative estimate of drug-likeness (QED) is 0.930. The second-order valence-electron chi connectivity index (χ2n) is 4.88. The smallest absolute Gasteiger partial charge is 0.192 e. The van der Waals surface area contributed by atoms with Crippen LogP contribution in [0.3, 0.4) is 0 Å². The monoisotopic (exact) mass is 269 g/mol. The van der Waals surface area contributed by atoms with Crippen molar-refractivity contribution in [2.24, 2.45) is 10.7 Å². The summed E-state index contributed by atoms with van der Waals surface area (Å²) in [6, 6.07) is 16.7. The first-order chi connectivity index (χ1) is 9.74. The third kappa shape index (κ3) is 2.50. The minimum atomic E-state index is -0.229. The zero-order valence-electron chi connectivity index (χ0n) is 11.0. The Labute approximate surface area is 117 Å². The molecule has 0 saturated carbocycles. The van der Waals surface area contributed by atoms with E-state index in [1.165, 1.54) is 6.07 Å². The lowest BCUT2D eigenvalue weighted by Crippen LogP contribution is -2.35. The fourth-order valence-corrected chi connectivity index (χ4v) is 2.50. The molecule has 2 aromatic rings. The molecule has 3 nitrogen and oxygen atoms in total. The number of halogens is 1. The average Bonchev–Trinajstić information content (AvgIpc) is 2.82. The number of nitrogens with two attached hydrogens (primary N) is 1. The van der Waals surface area contributed by atoms with Crippen molar-refractivity contribution in [2.45, 2.75) is 12.6 Å². The Morgan fingerprint density at radius 2 is 1.95 bits per heavy atom. The van der Waals surface area contributed by atoms with Gasteiger partial charge in [0.25, 0.3) is 0 Å². The molecule has 0 aromatic heterocycles.